The molecule has 3 aliphatic rings. The fourth-order valence-electron chi connectivity index (χ4n) is 5.25. The Morgan fingerprint density at radius 2 is 1.78 bits per heavy atom. The minimum absolute atomic E-state index is 0.371. The molecule has 1 saturated heterocycles. The van der Waals surface area contributed by atoms with E-state index in [0.717, 1.165) is 42.3 Å². The van der Waals surface area contributed by atoms with Gasteiger partial charge >= 0.3 is 0 Å². The summed E-state index contributed by atoms with van der Waals surface area (Å²) in [5.74, 6) is -0.560. The third-order valence-electron chi connectivity index (χ3n) is 7.11. The number of rotatable bonds is 4. The Kier molecular flexibility index (Phi) is 6.34. The molecule has 2 heterocycles. The summed E-state index contributed by atoms with van der Waals surface area (Å²) in [7, 11) is 0. The average Bonchev–Trinajstić information content (AvgIpc) is 2.79. The van der Waals surface area contributed by atoms with Gasteiger partial charge < -0.3 is 15.4 Å². The first-order valence-corrected chi connectivity index (χ1v) is 12.4. The molecule has 0 bridgehead atoms. The number of hydrogen-bond donors (Lipinski definition) is 2. The lowest BCUT2D eigenvalue weighted by molar-refractivity contribution is -0.511. The van der Waals surface area contributed by atoms with Crippen LogP contribution in [0.4, 0.5) is 5.69 Å². The van der Waals surface area contributed by atoms with E-state index in [9.17, 15) is 0 Å². The fourth-order valence-corrected chi connectivity index (χ4v) is 5.41. The first-order chi connectivity index (χ1) is 15.4. The molecular weight excluding hydrogens is 426 g/mol. The normalized spacial score (nSPS) is 32.8. The van der Waals surface area contributed by atoms with E-state index in [1.54, 1.807) is 0 Å². The van der Waals surface area contributed by atoms with Crippen LogP contribution in [0.1, 0.15) is 65.2 Å². The van der Waals surface area contributed by atoms with Crippen LogP contribution in [-0.4, -0.2) is 41.1 Å². The van der Waals surface area contributed by atoms with Crippen LogP contribution in [0.25, 0.3) is 10.9 Å². The van der Waals surface area contributed by atoms with E-state index in [4.69, 9.17) is 26.1 Å². The average molecular weight is 460 g/mol. The highest BCUT2D eigenvalue weighted by Gasteiger charge is 2.45. The predicted octanol–water partition coefficient (Wildman–Crippen LogP) is 5.60. The Bertz CT molecular complexity index is 933. The molecule has 2 N–H and O–H groups in total. The lowest BCUT2D eigenvalue weighted by Crippen LogP contribution is -2.55. The molecule has 0 amide bonds. The van der Waals surface area contributed by atoms with Gasteiger partial charge in [-0.2, -0.15) is 0 Å². The molecule has 1 aromatic carbocycles. The van der Waals surface area contributed by atoms with Crippen molar-refractivity contribution in [2.45, 2.75) is 94.7 Å². The highest BCUT2D eigenvalue weighted by molar-refractivity contribution is 6.31. The van der Waals surface area contributed by atoms with E-state index >= 15 is 0 Å². The largest absolute Gasteiger partial charge is 0.380 e. The maximum Gasteiger partial charge on any atom is 0.201 e. The van der Waals surface area contributed by atoms with Crippen LogP contribution in [0.5, 0.6) is 0 Å². The molecule has 0 unspecified atom stereocenters. The maximum atomic E-state index is 6.17. The van der Waals surface area contributed by atoms with Crippen molar-refractivity contribution >= 4 is 28.2 Å². The number of ether oxygens (including phenoxy) is 1. The van der Waals surface area contributed by atoms with Crippen LogP contribution < -0.4 is 10.6 Å². The highest BCUT2D eigenvalue weighted by atomic mass is 35.5. The summed E-state index contributed by atoms with van der Waals surface area (Å²) in [6, 6.07) is 9.32. The van der Waals surface area contributed by atoms with E-state index in [0.29, 0.717) is 29.8 Å². The maximum absolute atomic E-state index is 6.17. The van der Waals surface area contributed by atoms with Gasteiger partial charge in [0.15, 0.2) is 0 Å². The molecule has 1 aromatic heterocycles. The van der Waals surface area contributed by atoms with Crippen LogP contribution in [0.3, 0.4) is 0 Å². The minimum Gasteiger partial charge on any atom is -0.380 e. The Labute approximate surface area is 195 Å². The highest BCUT2D eigenvalue weighted by Crippen LogP contribution is 2.39. The molecule has 2 atom stereocenters. The van der Waals surface area contributed by atoms with Gasteiger partial charge in [-0.25, -0.2) is 9.78 Å². The zero-order valence-corrected chi connectivity index (χ0v) is 19.8. The minimum atomic E-state index is -0.560. The van der Waals surface area contributed by atoms with Crippen LogP contribution in [0, 0.1) is 0 Å². The monoisotopic (exact) mass is 459 g/mol. The number of aromatic nitrogens is 1. The molecule has 174 valence electrons. The van der Waals surface area contributed by atoms with Crippen LogP contribution >= 0.6 is 11.6 Å². The standard InChI is InChI=1S/C25H34ClN3O3/c1-24(2)16-30-25(32-31-24)12-9-18(10-13-25)28-21-5-3-4-6-22(21)29-20-11-14-27-23-15-17(26)7-8-19(20)23/h7-8,11,14-15,18,21-22,28H,3-6,9-10,12-13,16H2,1-2H3,(H,27,29)/t18?,21-,22+,25?/m0/s1. The summed E-state index contributed by atoms with van der Waals surface area (Å²) in [6.07, 6.45) is 10.5. The SMILES string of the molecule is CC1(C)COC2(CCC(N[C@H]3CCCC[C@H]3Nc3ccnc4cc(Cl)ccc34)CC2)OO1. The molecule has 32 heavy (non-hydrogen) atoms. The van der Waals surface area contributed by atoms with Crippen molar-refractivity contribution in [2.75, 3.05) is 11.9 Å². The van der Waals surface area contributed by atoms with Gasteiger partial charge in [0.2, 0.25) is 5.79 Å². The second-order valence-electron chi connectivity index (χ2n) is 10.2. The van der Waals surface area contributed by atoms with Crippen LogP contribution in [0.15, 0.2) is 30.5 Å². The van der Waals surface area contributed by atoms with Crippen molar-refractivity contribution in [1.82, 2.24) is 10.3 Å². The molecular formula is C25H34ClN3O3. The summed E-state index contributed by atoms with van der Waals surface area (Å²) in [6.45, 7) is 4.55. The molecule has 7 heteroatoms. The lowest BCUT2D eigenvalue weighted by Gasteiger charge is -2.46. The van der Waals surface area contributed by atoms with E-state index < -0.39 is 5.79 Å². The number of halogens is 1. The van der Waals surface area contributed by atoms with Crippen molar-refractivity contribution in [3.8, 4) is 0 Å². The zero-order chi connectivity index (χ0) is 22.2. The number of pyridine rings is 1. The number of benzene rings is 1. The molecule has 3 fully saturated rings. The number of fused-ring (bicyclic) bond motifs is 1. The Morgan fingerprint density at radius 1 is 1.00 bits per heavy atom. The smallest absolute Gasteiger partial charge is 0.201 e. The van der Waals surface area contributed by atoms with Crippen LogP contribution in [-0.2, 0) is 14.5 Å². The number of hydrogen-bond acceptors (Lipinski definition) is 6. The summed E-state index contributed by atoms with van der Waals surface area (Å²) in [5, 5.41) is 9.64. The van der Waals surface area contributed by atoms with E-state index in [1.807, 2.05) is 32.2 Å². The third kappa shape index (κ3) is 4.90. The molecule has 2 aromatic rings. The number of nitrogens with zero attached hydrogens (tertiary/aromatic N) is 1. The number of anilines is 1. The van der Waals surface area contributed by atoms with Gasteiger partial charge in [-0.1, -0.05) is 24.4 Å². The first kappa shape index (κ1) is 22.4. The van der Waals surface area contributed by atoms with Gasteiger partial charge in [-0.05, 0) is 63.8 Å². The summed E-state index contributed by atoms with van der Waals surface area (Å²) >= 11 is 6.17. The van der Waals surface area contributed by atoms with Gasteiger partial charge in [0, 0.05) is 53.3 Å². The molecule has 1 aliphatic heterocycles. The topological polar surface area (TPSA) is 64.6 Å². The second kappa shape index (κ2) is 9.07. The first-order valence-electron chi connectivity index (χ1n) is 12.0. The number of nitrogens with one attached hydrogen (secondary N) is 2. The van der Waals surface area contributed by atoms with Gasteiger partial charge in [-0.15, -0.1) is 0 Å². The lowest BCUT2D eigenvalue weighted by atomic mass is 9.85. The zero-order valence-electron chi connectivity index (χ0n) is 19.0. The summed E-state index contributed by atoms with van der Waals surface area (Å²) in [5.41, 5.74) is 1.69. The summed E-state index contributed by atoms with van der Waals surface area (Å²) in [4.78, 5) is 15.8. The van der Waals surface area contributed by atoms with Gasteiger partial charge in [0.25, 0.3) is 0 Å². The Hall–Kier alpha value is -1.44. The quantitative estimate of drug-likeness (QED) is 0.580. The third-order valence-corrected chi connectivity index (χ3v) is 7.35. The molecule has 2 saturated carbocycles. The second-order valence-corrected chi connectivity index (χ2v) is 10.7. The molecule has 6 nitrogen and oxygen atoms in total. The van der Waals surface area contributed by atoms with Crippen molar-refractivity contribution < 1.29 is 14.5 Å². The van der Waals surface area contributed by atoms with Crippen molar-refractivity contribution in [3.05, 3.63) is 35.5 Å². The molecule has 0 radical (unpaired) electrons. The van der Waals surface area contributed by atoms with Crippen molar-refractivity contribution in [2.24, 2.45) is 0 Å². The van der Waals surface area contributed by atoms with Crippen LogP contribution in [0.2, 0.25) is 5.02 Å². The van der Waals surface area contributed by atoms with Gasteiger partial charge in [0.05, 0.1) is 12.1 Å². The Balaban J connectivity index is 1.22. The molecule has 2 aliphatic carbocycles. The van der Waals surface area contributed by atoms with Gasteiger partial charge in [0.1, 0.15) is 5.60 Å². The predicted molar refractivity (Wildman–Crippen MR) is 127 cm³/mol. The van der Waals surface area contributed by atoms with Crippen molar-refractivity contribution in [1.29, 1.82) is 0 Å². The van der Waals surface area contributed by atoms with E-state index in [1.165, 1.54) is 25.7 Å². The van der Waals surface area contributed by atoms with E-state index in [-0.39, 0.29) is 5.60 Å². The van der Waals surface area contributed by atoms with Crippen molar-refractivity contribution in [3.63, 3.8) is 0 Å². The summed E-state index contributed by atoms with van der Waals surface area (Å²) < 4.78 is 6.11. The van der Waals surface area contributed by atoms with E-state index in [2.05, 4.69) is 27.8 Å². The molecule has 1 spiro atoms. The fraction of sp³-hybridized carbons (Fsp3) is 0.640. The molecule has 5 rings (SSSR count). The van der Waals surface area contributed by atoms with Gasteiger partial charge in [-0.3, -0.25) is 4.98 Å². The Morgan fingerprint density at radius 3 is 2.53 bits per heavy atom.